The van der Waals surface area contributed by atoms with Gasteiger partial charge in [0.15, 0.2) is 5.78 Å². The fraction of sp³-hybridized carbons (Fsp3) is 0.333. The fourth-order valence-corrected chi connectivity index (χ4v) is 3.74. The van der Waals surface area contributed by atoms with Gasteiger partial charge in [0.05, 0.1) is 25.7 Å². The van der Waals surface area contributed by atoms with Crippen molar-refractivity contribution in [2.75, 3.05) is 12.9 Å². The highest BCUT2D eigenvalue weighted by Crippen LogP contribution is 2.22. The topological polar surface area (TPSA) is 87.2 Å². The number of ether oxygens (including phenoxy) is 1. The molecular weight excluding hydrogens is 390 g/mol. The number of methoxy groups -OCH3 is 1. The van der Waals surface area contributed by atoms with E-state index in [-0.39, 0.29) is 23.9 Å². The van der Waals surface area contributed by atoms with Gasteiger partial charge >= 0.3 is 5.97 Å². The molecule has 8 heteroatoms. The van der Waals surface area contributed by atoms with E-state index in [2.05, 4.69) is 14.9 Å². The van der Waals surface area contributed by atoms with Crippen LogP contribution in [0.15, 0.2) is 46.0 Å². The smallest absolute Gasteiger partial charge is 0.307 e. The number of carbonyl (C=O) groups is 2. The minimum absolute atomic E-state index is 0.0183. The van der Waals surface area contributed by atoms with Crippen LogP contribution >= 0.6 is 11.8 Å². The summed E-state index contributed by atoms with van der Waals surface area (Å²) in [5.74, 6) is 0.430. The van der Waals surface area contributed by atoms with Crippen LogP contribution < -0.4 is 0 Å². The molecule has 0 saturated heterocycles. The number of thioether (sulfide) groups is 1. The Kier molecular flexibility index (Phi) is 6.87. The number of hydrogen-bond donors (Lipinski definition) is 0. The highest BCUT2D eigenvalue weighted by Gasteiger charge is 2.18. The maximum Gasteiger partial charge on any atom is 0.307 e. The lowest BCUT2D eigenvalue weighted by atomic mass is 10.2. The van der Waals surface area contributed by atoms with Crippen molar-refractivity contribution in [1.82, 2.24) is 14.8 Å². The summed E-state index contributed by atoms with van der Waals surface area (Å²) >= 11 is 1.23. The Balaban J connectivity index is 1.59. The zero-order chi connectivity index (χ0) is 20.8. The van der Waals surface area contributed by atoms with E-state index in [0.717, 1.165) is 17.0 Å². The van der Waals surface area contributed by atoms with Gasteiger partial charge in [0.2, 0.25) is 5.89 Å². The van der Waals surface area contributed by atoms with Gasteiger partial charge in [0.1, 0.15) is 0 Å². The molecule has 2 aromatic heterocycles. The molecule has 0 radical (unpaired) electrons. The normalized spacial score (nSPS) is 10.9. The third kappa shape index (κ3) is 5.35. The molecule has 0 saturated carbocycles. The molecule has 0 atom stereocenters. The predicted molar refractivity (Wildman–Crippen MR) is 109 cm³/mol. The Morgan fingerprint density at radius 2 is 1.93 bits per heavy atom. The molecule has 0 bridgehead atoms. The molecule has 0 amide bonds. The lowest BCUT2D eigenvalue weighted by Gasteiger charge is -2.08. The van der Waals surface area contributed by atoms with E-state index in [1.165, 1.54) is 18.9 Å². The van der Waals surface area contributed by atoms with Gasteiger partial charge in [-0.2, -0.15) is 0 Å². The monoisotopic (exact) mass is 413 g/mol. The fourth-order valence-electron chi connectivity index (χ4n) is 3.08. The first-order valence-corrected chi connectivity index (χ1v) is 10.2. The van der Waals surface area contributed by atoms with Crippen LogP contribution in [0.1, 0.15) is 39.6 Å². The number of benzene rings is 1. The Hall–Kier alpha value is -2.87. The molecule has 0 fully saturated rings. The van der Waals surface area contributed by atoms with Crippen LogP contribution in [0.5, 0.6) is 0 Å². The third-order valence-corrected chi connectivity index (χ3v) is 5.43. The summed E-state index contributed by atoms with van der Waals surface area (Å²) < 4.78 is 12.3. The Bertz CT molecular complexity index is 995. The molecule has 3 aromatic rings. The summed E-state index contributed by atoms with van der Waals surface area (Å²) in [5, 5.41) is 8.45. The quantitative estimate of drug-likeness (QED) is 0.301. The Morgan fingerprint density at radius 3 is 2.66 bits per heavy atom. The molecule has 0 aliphatic carbocycles. The zero-order valence-corrected chi connectivity index (χ0v) is 17.5. The first kappa shape index (κ1) is 20.9. The molecule has 3 rings (SSSR count). The van der Waals surface area contributed by atoms with Gasteiger partial charge in [-0.3, -0.25) is 9.59 Å². The number of nitrogens with zero attached hydrogens (tertiary/aromatic N) is 3. The Labute approximate surface area is 173 Å². The van der Waals surface area contributed by atoms with E-state index < -0.39 is 0 Å². The van der Waals surface area contributed by atoms with Gasteiger partial charge in [-0.15, -0.1) is 10.2 Å². The van der Waals surface area contributed by atoms with Crippen LogP contribution in [-0.2, 0) is 22.5 Å². The van der Waals surface area contributed by atoms with Gasteiger partial charge in [0.25, 0.3) is 5.22 Å². The van der Waals surface area contributed by atoms with Crippen molar-refractivity contribution in [2.24, 2.45) is 0 Å². The van der Waals surface area contributed by atoms with Gasteiger partial charge < -0.3 is 13.7 Å². The van der Waals surface area contributed by atoms with Crippen molar-refractivity contribution >= 4 is 23.5 Å². The number of Topliss-reactive ketones (excluding diaryl/α,β-unsaturated/α-hetero) is 1. The van der Waals surface area contributed by atoms with Crippen molar-refractivity contribution in [3.63, 3.8) is 0 Å². The molecule has 0 aliphatic rings. The summed E-state index contributed by atoms with van der Waals surface area (Å²) in [5.41, 5.74) is 3.50. The van der Waals surface area contributed by atoms with Crippen LogP contribution in [0, 0.1) is 13.8 Å². The van der Waals surface area contributed by atoms with E-state index >= 15 is 0 Å². The number of aromatic nitrogens is 3. The Morgan fingerprint density at radius 1 is 1.17 bits per heavy atom. The summed E-state index contributed by atoms with van der Waals surface area (Å²) in [4.78, 5) is 24.1. The first-order valence-electron chi connectivity index (χ1n) is 9.23. The van der Waals surface area contributed by atoms with Crippen molar-refractivity contribution in [3.05, 3.63) is 64.8 Å². The van der Waals surface area contributed by atoms with Crippen LogP contribution in [0.3, 0.4) is 0 Å². The molecule has 7 nitrogen and oxygen atoms in total. The van der Waals surface area contributed by atoms with Gasteiger partial charge in [-0.1, -0.05) is 42.1 Å². The SMILES string of the molecule is COC(=O)CCn1c(C)cc(C(=O)CSc2nnc(Cc3ccccc3)o2)c1C. The van der Waals surface area contributed by atoms with Crippen molar-refractivity contribution < 1.29 is 18.7 Å². The van der Waals surface area contributed by atoms with Gasteiger partial charge in [-0.25, -0.2) is 0 Å². The number of ketones is 1. The maximum atomic E-state index is 12.7. The minimum Gasteiger partial charge on any atom is -0.469 e. The van der Waals surface area contributed by atoms with Gasteiger partial charge in [-0.05, 0) is 25.5 Å². The molecule has 2 heterocycles. The second kappa shape index (κ2) is 9.56. The average Bonchev–Trinajstić information content (AvgIpc) is 3.29. The third-order valence-electron chi connectivity index (χ3n) is 4.61. The second-order valence-electron chi connectivity index (χ2n) is 6.60. The highest BCUT2D eigenvalue weighted by atomic mass is 32.2. The van der Waals surface area contributed by atoms with E-state index in [1.54, 1.807) is 0 Å². The van der Waals surface area contributed by atoms with Crippen molar-refractivity contribution in [3.8, 4) is 0 Å². The highest BCUT2D eigenvalue weighted by molar-refractivity contribution is 7.99. The van der Waals surface area contributed by atoms with E-state index in [4.69, 9.17) is 4.42 Å². The number of hydrogen-bond acceptors (Lipinski definition) is 7. The van der Waals surface area contributed by atoms with Crippen molar-refractivity contribution in [2.45, 2.75) is 38.5 Å². The average molecular weight is 413 g/mol. The largest absolute Gasteiger partial charge is 0.469 e. The van der Waals surface area contributed by atoms with E-state index in [1.807, 2.05) is 54.8 Å². The summed E-state index contributed by atoms with van der Waals surface area (Å²) in [6.45, 7) is 4.28. The summed E-state index contributed by atoms with van der Waals surface area (Å²) in [6.07, 6.45) is 0.825. The van der Waals surface area contributed by atoms with Crippen LogP contribution in [0.2, 0.25) is 0 Å². The molecule has 152 valence electrons. The second-order valence-corrected chi connectivity index (χ2v) is 7.53. The number of esters is 1. The van der Waals surface area contributed by atoms with Crippen LogP contribution in [-0.4, -0.2) is 39.4 Å². The zero-order valence-electron chi connectivity index (χ0n) is 16.7. The maximum absolute atomic E-state index is 12.7. The van der Waals surface area contributed by atoms with E-state index in [9.17, 15) is 9.59 Å². The number of carbonyl (C=O) groups excluding carboxylic acids is 2. The lowest BCUT2D eigenvalue weighted by molar-refractivity contribution is -0.140. The van der Waals surface area contributed by atoms with E-state index in [0.29, 0.717) is 29.6 Å². The van der Waals surface area contributed by atoms with Gasteiger partial charge in [0, 0.05) is 23.5 Å². The summed E-state index contributed by atoms with van der Waals surface area (Å²) in [6, 6.07) is 11.7. The van der Waals surface area contributed by atoms with Crippen LogP contribution in [0.25, 0.3) is 0 Å². The molecule has 1 aromatic carbocycles. The minimum atomic E-state index is -0.274. The number of rotatable bonds is 9. The van der Waals surface area contributed by atoms with Crippen molar-refractivity contribution in [1.29, 1.82) is 0 Å². The molecule has 0 spiro atoms. The molecular formula is C21H23N3O4S. The molecule has 0 N–H and O–H groups in total. The van der Waals surface area contributed by atoms with Crippen LogP contribution in [0.4, 0.5) is 0 Å². The predicted octanol–water partition coefficient (Wildman–Crippen LogP) is 3.62. The lowest BCUT2D eigenvalue weighted by Crippen LogP contribution is -2.10. The molecule has 29 heavy (non-hydrogen) atoms. The summed E-state index contributed by atoms with van der Waals surface area (Å²) in [7, 11) is 1.37. The molecule has 0 aliphatic heterocycles. The molecule has 0 unspecified atom stereocenters. The first-order chi connectivity index (χ1) is 14.0. The number of aryl methyl sites for hydroxylation is 1. The standard InChI is InChI=1S/C21H23N3O4S/c1-14-11-17(15(2)24(14)10-9-20(26)27-3)18(25)13-29-21-23-22-19(28-21)12-16-7-5-4-6-8-16/h4-8,11H,9-10,12-13H2,1-3H3.